The molecule has 1 atom stereocenters. The zero-order chi connectivity index (χ0) is 12.3. The molecule has 1 aromatic carbocycles. The SMILES string of the molecule is Cc1cnc(CNC(C)c2cccc(Br)c2)o1. The van der Waals surface area contributed by atoms with Crippen molar-refractivity contribution in [3.8, 4) is 0 Å². The fraction of sp³-hybridized carbons (Fsp3) is 0.308. The maximum absolute atomic E-state index is 5.41. The number of aromatic nitrogens is 1. The summed E-state index contributed by atoms with van der Waals surface area (Å²) < 4.78 is 6.50. The molecule has 2 aromatic rings. The highest BCUT2D eigenvalue weighted by Crippen LogP contribution is 2.18. The van der Waals surface area contributed by atoms with Crippen molar-refractivity contribution in [2.75, 3.05) is 0 Å². The molecule has 3 nitrogen and oxygen atoms in total. The number of halogens is 1. The van der Waals surface area contributed by atoms with Crippen LogP contribution in [-0.4, -0.2) is 4.98 Å². The van der Waals surface area contributed by atoms with Crippen molar-refractivity contribution in [2.45, 2.75) is 26.4 Å². The van der Waals surface area contributed by atoms with Crippen molar-refractivity contribution in [1.82, 2.24) is 10.3 Å². The van der Waals surface area contributed by atoms with Gasteiger partial charge in [0.2, 0.25) is 5.89 Å². The summed E-state index contributed by atoms with van der Waals surface area (Å²) in [6.07, 6.45) is 1.74. The van der Waals surface area contributed by atoms with Gasteiger partial charge in [-0.25, -0.2) is 4.98 Å². The van der Waals surface area contributed by atoms with Gasteiger partial charge in [0.15, 0.2) is 0 Å². The Morgan fingerprint density at radius 2 is 2.29 bits per heavy atom. The number of nitrogens with zero attached hydrogens (tertiary/aromatic N) is 1. The van der Waals surface area contributed by atoms with Gasteiger partial charge in [0, 0.05) is 10.5 Å². The summed E-state index contributed by atoms with van der Waals surface area (Å²) in [7, 11) is 0. The van der Waals surface area contributed by atoms with E-state index >= 15 is 0 Å². The topological polar surface area (TPSA) is 38.1 Å². The molecule has 0 bridgehead atoms. The molecular weight excluding hydrogens is 280 g/mol. The number of hydrogen-bond acceptors (Lipinski definition) is 3. The second kappa shape index (κ2) is 5.47. The second-order valence-corrected chi connectivity index (χ2v) is 4.94. The number of aryl methyl sites for hydroxylation is 1. The van der Waals surface area contributed by atoms with Crippen LogP contribution in [0, 0.1) is 6.92 Å². The molecule has 1 N–H and O–H groups in total. The Kier molecular flexibility index (Phi) is 3.97. The van der Waals surface area contributed by atoms with Crippen LogP contribution >= 0.6 is 15.9 Å². The minimum Gasteiger partial charge on any atom is -0.445 e. The van der Waals surface area contributed by atoms with Crippen molar-refractivity contribution in [3.05, 3.63) is 52.1 Å². The lowest BCUT2D eigenvalue weighted by Gasteiger charge is -2.13. The molecule has 0 spiro atoms. The lowest BCUT2D eigenvalue weighted by molar-refractivity contribution is 0.432. The van der Waals surface area contributed by atoms with Crippen molar-refractivity contribution in [2.24, 2.45) is 0 Å². The van der Waals surface area contributed by atoms with Crippen molar-refractivity contribution in [1.29, 1.82) is 0 Å². The highest BCUT2D eigenvalue weighted by Gasteiger charge is 2.07. The van der Waals surface area contributed by atoms with Crippen LogP contribution in [0.15, 0.2) is 39.4 Å². The van der Waals surface area contributed by atoms with Crippen LogP contribution in [0.4, 0.5) is 0 Å². The first-order chi connectivity index (χ1) is 8.15. The molecule has 0 radical (unpaired) electrons. The zero-order valence-electron chi connectivity index (χ0n) is 9.90. The lowest BCUT2D eigenvalue weighted by Crippen LogP contribution is -2.18. The summed E-state index contributed by atoms with van der Waals surface area (Å²) in [5.41, 5.74) is 1.24. The third-order valence-corrected chi connectivity index (χ3v) is 3.07. The van der Waals surface area contributed by atoms with Crippen molar-refractivity contribution in [3.63, 3.8) is 0 Å². The molecule has 0 fully saturated rings. The van der Waals surface area contributed by atoms with E-state index < -0.39 is 0 Å². The summed E-state index contributed by atoms with van der Waals surface area (Å²) in [6, 6.07) is 8.53. The smallest absolute Gasteiger partial charge is 0.208 e. The third kappa shape index (κ3) is 3.41. The van der Waals surface area contributed by atoms with Gasteiger partial charge < -0.3 is 9.73 Å². The minimum atomic E-state index is 0.264. The monoisotopic (exact) mass is 294 g/mol. The van der Waals surface area contributed by atoms with Crippen LogP contribution < -0.4 is 5.32 Å². The van der Waals surface area contributed by atoms with E-state index in [2.05, 4.69) is 45.3 Å². The van der Waals surface area contributed by atoms with E-state index in [0.717, 1.165) is 16.1 Å². The first-order valence-corrected chi connectivity index (χ1v) is 6.34. The van der Waals surface area contributed by atoms with Gasteiger partial charge >= 0.3 is 0 Å². The molecule has 1 unspecified atom stereocenters. The lowest BCUT2D eigenvalue weighted by atomic mass is 10.1. The molecule has 0 saturated heterocycles. The summed E-state index contributed by atoms with van der Waals surface area (Å²) >= 11 is 3.47. The fourth-order valence-corrected chi connectivity index (χ4v) is 2.03. The maximum Gasteiger partial charge on any atom is 0.208 e. The Labute approximate surface area is 109 Å². The summed E-state index contributed by atoms with van der Waals surface area (Å²) in [4.78, 5) is 4.16. The Balaban J connectivity index is 1.95. The molecule has 0 aliphatic carbocycles. The number of rotatable bonds is 4. The standard InChI is InChI=1S/C13H15BrN2O/c1-9-7-16-13(17-9)8-15-10(2)11-4-3-5-12(14)6-11/h3-7,10,15H,8H2,1-2H3. The van der Waals surface area contributed by atoms with E-state index in [-0.39, 0.29) is 6.04 Å². The molecule has 1 heterocycles. The van der Waals surface area contributed by atoms with E-state index in [1.807, 2.05) is 19.1 Å². The molecule has 1 aromatic heterocycles. The number of benzene rings is 1. The molecular formula is C13H15BrN2O. The Morgan fingerprint density at radius 3 is 2.94 bits per heavy atom. The summed E-state index contributed by atoms with van der Waals surface area (Å²) in [6.45, 7) is 4.66. The molecule has 0 saturated carbocycles. The Bertz CT molecular complexity index is 496. The van der Waals surface area contributed by atoms with Gasteiger partial charge in [-0.05, 0) is 31.5 Å². The average molecular weight is 295 g/mol. The van der Waals surface area contributed by atoms with Crippen LogP contribution in [0.1, 0.15) is 30.2 Å². The van der Waals surface area contributed by atoms with Gasteiger partial charge in [0.1, 0.15) is 5.76 Å². The van der Waals surface area contributed by atoms with Crippen LogP contribution in [0.25, 0.3) is 0 Å². The van der Waals surface area contributed by atoms with Gasteiger partial charge in [-0.1, -0.05) is 28.1 Å². The molecule has 90 valence electrons. The minimum absolute atomic E-state index is 0.264. The summed E-state index contributed by atoms with van der Waals surface area (Å²) in [5.74, 6) is 1.57. The fourth-order valence-electron chi connectivity index (χ4n) is 1.62. The van der Waals surface area contributed by atoms with Gasteiger partial charge in [-0.3, -0.25) is 0 Å². The van der Waals surface area contributed by atoms with E-state index in [1.165, 1.54) is 5.56 Å². The average Bonchev–Trinajstić information content (AvgIpc) is 2.72. The van der Waals surface area contributed by atoms with Crippen molar-refractivity contribution >= 4 is 15.9 Å². The highest BCUT2D eigenvalue weighted by molar-refractivity contribution is 9.10. The molecule has 17 heavy (non-hydrogen) atoms. The predicted molar refractivity (Wildman–Crippen MR) is 70.6 cm³/mol. The first kappa shape index (κ1) is 12.3. The predicted octanol–water partition coefficient (Wildman–Crippen LogP) is 3.60. The van der Waals surface area contributed by atoms with Crippen molar-refractivity contribution < 1.29 is 4.42 Å². The number of hydrogen-bond donors (Lipinski definition) is 1. The van der Waals surface area contributed by atoms with Gasteiger partial charge in [-0.15, -0.1) is 0 Å². The Hall–Kier alpha value is -1.13. The normalized spacial score (nSPS) is 12.6. The van der Waals surface area contributed by atoms with Gasteiger partial charge in [0.25, 0.3) is 0 Å². The van der Waals surface area contributed by atoms with Crippen LogP contribution in [0.2, 0.25) is 0 Å². The quantitative estimate of drug-likeness (QED) is 0.936. The molecule has 0 aliphatic rings. The van der Waals surface area contributed by atoms with Gasteiger partial charge in [-0.2, -0.15) is 0 Å². The Morgan fingerprint density at radius 1 is 1.47 bits per heavy atom. The molecule has 0 amide bonds. The van der Waals surface area contributed by atoms with Crippen LogP contribution in [-0.2, 0) is 6.54 Å². The first-order valence-electron chi connectivity index (χ1n) is 5.55. The molecule has 2 rings (SSSR count). The third-order valence-electron chi connectivity index (χ3n) is 2.58. The van der Waals surface area contributed by atoms with E-state index in [4.69, 9.17) is 4.42 Å². The zero-order valence-corrected chi connectivity index (χ0v) is 11.5. The molecule has 4 heteroatoms. The van der Waals surface area contributed by atoms with E-state index in [1.54, 1.807) is 6.20 Å². The maximum atomic E-state index is 5.41. The van der Waals surface area contributed by atoms with E-state index in [9.17, 15) is 0 Å². The van der Waals surface area contributed by atoms with Gasteiger partial charge in [0.05, 0.1) is 12.7 Å². The summed E-state index contributed by atoms with van der Waals surface area (Å²) in [5, 5.41) is 3.38. The second-order valence-electron chi connectivity index (χ2n) is 4.02. The molecule has 0 aliphatic heterocycles. The highest BCUT2D eigenvalue weighted by atomic mass is 79.9. The van der Waals surface area contributed by atoms with Crippen LogP contribution in [0.5, 0.6) is 0 Å². The van der Waals surface area contributed by atoms with Crippen LogP contribution in [0.3, 0.4) is 0 Å². The number of oxazole rings is 1. The van der Waals surface area contributed by atoms with E-state index in [0.29, 0.717) is 6.54 Å². The largest absolute Gasteiger partial charge is 0.445 e. The number of nitrogens with one attached hydrogen (secondary N) is 1.